The van der Waals surface area contributed by atoms with Crippen molar-refractivity contribution in [3.05, 3.63) is 42.7 Å². The fourth-order valence-electron chi connectivity index (χ4n) is 3.84. The van der Waals surface area contributed by atoms with Gasteiger partial charge in [0.2, 0.25) is 5.91 Å². The molecule has 3 rings (SSSR count). The first-order valence-corrected chi connectivity index (χ1v) is 8.95. The maximum atomic E-state index is 12.8. The molecule has 1 aliphatic rings. The van der Waals surface area contributed by atoms with E-state index in [1.807, 2.05) is 41.2 Å². The van der Waals surface area contributed by atoms with Crippen LogP contribution in [0.25, 0.3) is 5.69 Å². The van der Waals surface area contributed by atoms with E-state index in [4.69, 9.17) is 0 Å². The molecule has 0 aliphatic heterocycles. The molecule has 1 N–H and O–H groups in total. The molecule has 0 bridgehead atoms. The predicted molar refractivity (Wildman–Crippen MR) is 97.0 cm³/mol. The number of hydrogen-bond acceptors (Lipinski definition) is 2. The van der Waals surface area contributed by atoms with Crippen molar-refractivity contribution in [1.29, 1.82) is 0 Å². The highest BCUT2D eigenvalue weighted by Crippen LogP contribution is 2.38. The highest BCUT2D eigenvalue weighted by molar-refractivity contribution is 5.92. The molecule has 0 spiro atoms. The molecule has 1 saturated carbocycles. The molecule has 1 aromatic carbocycles. The molecular formula is C20H27N3O. The van der Waals surface area contributed by atoms with Crippen LogP contribution < -0.4 is 5.32 Å². The van der Waals surface area contributed by atoms with Crippen LogP contribution in [0.1, 0.15) is 40.0 Å². The third kappa shape index (κ3) is 3.69. The Labute approximate surface area is 144 Å². The number of benzene rings is 1. The van der Waals surface area contributed by atoms with Gasteiger partial charge >= 0.3 is 0 Å². The van der Waals surface area contributed by atoms with Crippen LogP contribution in [-0.2, 0) is 4.79 Å². The smallest absolute Gasteiger partial charge is 0.227 e. The molecular weight excluding hydrogens is 298 g/mol. The predicted octanol–water partition coefficient (Wildman–Crippen LogP) is 4.52. The Morgan fingerprint density at radius 3 is 2.62 bits per heavy atom. The van der Waals surface area contributed by atoms with Gasteiger partial charge in [0.1, 0.15) is 0 Å². The number of nitrogens with zero attached hydrogens (tertiary/aromatic N) is 2. The summed E-state index contributed by atoms with van der Waals surface area (Å²) in [5, 5.41) is 7.33. The summed E-state index contributed by atoms with van der Waals surface area (Å²) in [5.74, 6) is 2.07. The van der Waals surface area contributed by atoms with Crippen molar-refractivity contribution in [1.82, 2.24) is 9.78 Å². The van der Waals surface area contributed by atoms with Crippen LogP contribution in [0.4, 0.5) is 5.69 Å². The van der Waals surface area contributed by atoms with Crippen LogP contribution in [0.15, 0.2) is 42.7 Å². The number of rotatable bonds is 4. The molecule has 3 atom stereocenters. The van der Waals surface area contributed by atoms with Gasteiger partial charge in [-0.2, -0.15) is 5.10 Å². The van der Waals surface area contributed by atoms with E-state index in [1.54, 1.807) is 6.20 Å². The van der Waals surface area contributed by atoms with E-state index in [-0.39, 0.29) is 11.8 Å². The third-order valence-corrected chi connectivity index (χ3v) is 5.26. The van der Waals surface area contributed by atoms with Crippen molar-refractivity contribution in [3.8, 4) is 5.69 Å². The van der Waals surface area contributed by atoms with E-state index in [1.165, 1.54) is 0 Å². The van der Waals surface area contributed by atoms with Gasteiger partial charge in [0, 0.05) is 24.0 Å². The number of carbonyl (C=O) groups is 1. The van der Waals surface area contributed by atoms with Crippen molar-refractivity contribution < 1.29 is 4.79 Å². The summed E-state index contributed by atoms with van der Waals surface area (Å²) in [4.78, 5) is 12.8. The number of anilines is 1. The van der Waals surface area contributed by atoms with Crippen LogP contribution in [-0.4, -0.2) is 15.7 Å². The molecule has 1 aromatic heterocycles. The largest absolute Gasteiger partial charge is 0.326 e. The van der Waals surface area contributed by atoms with Crippen molar-refractivity contribution in [3.63, 3.8) is 0 Å². The van der Waals surface area contributed by atoms with Crippen LogP contribution in [0.3, 0.4) is 0 Å². The van der Waals surface area contributed by atoms with Crippen LogP contribution in [0.5, 0.6) is 0 Å². The van der Waals surface area contributed by atoms with Gasteiger partial charge in [0.25, 0.3) is 0 Å². The van der Waals surface area contributed by atoms with E-state index < -0.39 is 0 Å². The Morgan fingerprint density at radius 2 is 2.00 bits per heavy atom. The number of nitrogens with one attached hydrogen (secondary N) is 1. The molecule has 1 amide bonds. The van der Waals surface area contributed by atoms with Gasteiger partial charge in [-0.1, -0.05) is 20.8 Å². The summed E-state index contributed by atoms with van der Waals surface area (Å²) < 4.78 is 1.81. The average Bonchev–Trinajstić information content (AvgIpc) is 3.09. The van der Waals surface area contributed by atoms with E-state index in [2.05, 4.69) is 31.2 Å². The minimum atomic E-state index is 0.131. The number of hydrogen-bond donors (Lipinski definition) is 1. The lowest BCUT2D eigenvalue weighted by Crippen LogP contribution is -2.36. The molecule has 1 aliphatic carbocycles. The maximum absolute atomic E-state index is 12.8. The molecule has 3 unspecified atom stereocenters. The third-order valence-electron chi connectivity index (χ3n) is 5.26. The summed E-state index contributed by atoms with van der Waals surface area (Å²) in [6.45, 7) is 6.78. The molecule has 24 heavy (non-hydrogen) atoms. The van der Waals surface area contributed by atoms with E-state index >= 15 is 0 Å². The minimum absolute atomic E-state index is 0.131. The molecule has 2 aromatic rings. The van der Waals surface area contributed by atoms with Crippen LogP contribution >= 0.6 is 0 Å². The second kappa shape index (κ2) is 7.20. The fourth-order valence-corrected chi connectivity index (χ4v) is 3.84. The van der Waals surface area contributed by atoms with Gasteiger partial charge in [-0.05, 0) is 67.3 Å². The topological polar surface area (TPSA) is 46.9 Å². The molecule has 4 heteroatoms. The second-order valence-corrected chi connectivity index (χ2v) is 7.42. The van der Waals surface area contributed by atoms with Crippen molar-refractivity contribution >= 4 is 11.6 Å². The Balaban J connectivity index is 1.67. The standard InChI is InChI=1S/C20H27N3O/c1-14(2)19-13-15(3)5-10-18(19)20(24)22-16-6-8-17(9-7-16)23-12-4-11-21-23/h4,6-9,11-12,14-15,18-19H,5,10,13H2,1-3H3,(H,22,24). The first-order valence-electron chi connectivity index (χ1n) is 8.95. The molecule has 1 heterocycles. The normalized spacial score (nSPS) is 24.1. The van der Waals surface area contributed by atoms with Crippen molar-refractivity contribution in [2.24, 2.45) is 23.7 Å². The zero-order chi connectivity index (χ0) is 17.1. The lowest BCUT2D eigenvalue weighted by atomic mass is 9.69. The Bertz CT molecular complexity index is 661. The van der Waals surface area contributed by atoms with Gasteiger partial charge in [-0.3, -0.25) is 4.79 Å². The molecule has 0 saturated heterocycles. The van der Waals surface area contributed by atoms with Crippen molar-refractivity contribution in [2.75, 3.05) is 5.32 Å². The summed E-state index contributed by atoms with van der Waals surface area (Å²) in [6.07, 6.45) is 6.98. The van der Waals surface area contributed by atoms with Gasteiger partial charge in [-0.25, -0.2) is 4.68 Å². The Kier molecular flexibility index (Phi) is 5.03. The minimum Gasteiger partial charge on any atom is -0.326 e. The molecule has 128 valence electrons. The molecule has 1 fully saturated rings. The monoisotopic (exact) mass is 325 g/mol. The fraction of sp³-hybridized carbons (Fsp3) is 0.500. The average molecular weight is 325 g/mol. The van der Waals surface area contributed by atoms with Crippen LogP contribution in [0.2, 0.25) is 0 Å². The van der Waals surface area contributed by atoms with Gasteiger partial charge in [0.05, 0.1) is 5.69 Å². The summed E-state index contributed by atoms with van der Waals surface area (Å²) in [5.41, 5.74) is 1.85. The Hall–Kier alpha value is -2.10. The molecule has 4 nitrogen and oxygen atoms in total. The zero-order valence-electron chi connectivity index (χ0n) is 14.8. The van der Waals surface area contributed by atoms with E-state index in [0.29, 0.717) is 11.8 Å². The van der Waals surface area contributed by atoms with E-state index in [0.717, 1.165) is 36.6 Å². The number of aromatic nitrogens is 2. The zero-order valence-corrected chi connectivity index (χ0v) is 14.8. The van der Waals surface area contributed by atoms with Gasteiger partial charge < -0.3 is 5.32 Å². The molecule has 0 radical (unpaired) electrons. The van der Waals surface area contributed by atoms with Gasteiger partial charge in [0.15, 0.2) is 0 Å². The SMILES string of the molecule is CC1CCC(C(=O)Nc2ccc(-n3cccn3)cc2)C(C(C)C)C1. The van der Waals surface area contributed by atoms with Crippen LogP contribution in [0, 0.1) is 23.7 Å². The second-order valence-electron chi connectivity index (χ2n) is 7.42. The van der Waals surface area contributed by atoms with Crippen molar-refractivity contribution in [2.45, 2.75) is 40.0 Å². The highest BCUT2D eigenvalue weighted by atomic mass is 16.1. The number of carbonyl (C=O) groups excluding carboxylic acids is 1. The van der Waals surface area contributed by atoms with Gasteiger partial charge in [-0.15, -0.1) is 0 Å². The Morgan fingerprint density at radius 1 is 1.25 bits per heavy atom. The first-order chi connectivity index (χ1) is 11.5. The maximum Gasteiger partial charge on any atom is 0.227 e. The lowest BCUT2D eigenvalue weighted by Gasteiger charge is -2.36. The first kappa shape index (κ1) is 16.7. The summed E-state index contributed by atoms with van der Waals surface area (Å²) in [7, 11) is 0. The highest BCUT2D eigenvalue weighted by Gasteiger charge is 2.35. The quantitative estimate of drug-likeness (QED) is 0.898. The summed E-state index contributed by atoms with van der Waals surface area (Å²) in [6, 6.07) is 9.75. The number of amides is 1. The summed E-state index contributed by atoms with van der Waals surface area (Å²) >= 11 is 0. The lowest BCUT2D eigenvalue weighted by molar-refractivity contribution is -0.123. The van der Waals surface area contributed by atoms with E-state index in [9.17, 15) is 4.79 Å².